The molecule has 4 heteroatoms. The van der Waals surface area contributed by atoms with E-state index in [-0.39, 0.29) is 11.9 Å². The first kappa shape index (κ1) is 13.5. The van der Waals surface area contributed by atoms with Gasteiger partial charge in [-0.15, -0.1) is 0 Å². The van der Waals surface area contributed by atoms with Crippen molar-refractivity contribution in [1.82, 2.24) is 4.98 Å². The smallest absolute Gasteiger partial charge is 0.130 e. The van der Waals surface area contributed by atoms with Crippen LogP contribution in [0.15, 0.2) is 42.7 Å². The normalized spacial score (nSPS) is 12.2. The van der Waals surface area contributed by atoms with Crippen LogP contribution in [0, 0.1) is 5.82 Å². The second kappa shape index (κ2) is 5.80. The van der Waals surface area contributed by atoms with Gasteiger partial charge in [-0.1, -0.05) is 6.07 Å². The Bertz CT molecular complexity index is 540. The van der Waals surface area contributed by atoms with E-state index in [0.29, 0.717) is 12.1 Å². The summed E-state index contributed by atoms with van der Waals surface area (Å²) in [6.45, 7) is 2.48. The van der Waals surface area contributed by atoms with Crippen molar-refractivity contribution >= 4 is 5.69 Å². The maximum atomic E-state index is 13.9. The van der Waals surface area contributed by atoms with Gasteiger partial charge in [0.2, 0.25) is 0 Å². The largest absolute Gasteiger partial charge is 0.370 e. The lowest BCUT2D eigenvalue weighted by Gasteiger charge is -2.24. The molecule has 1 atom stereocenters. The molecule has 0 aliphatic rings. The van der Waals surface area contributed by atoms with Gasteiger partial charge in [-0.05, 0) is 36.8 Å². The Morgan fingerprint density at radius 3 is 2.58 bits per heavy atom. The first-order chi connectivity index (χ1) is 9.09. The highest BCUT2D eigenvalue weighted by Crippen LogP contribution is 2.27. The van der Waals surface area contributed by atoms with Crippen molar-refractivity contribution in [2.75, 3.05) is 11.9 Å². The van der Waals surface area contributed by atoms with Gasteiger partial charge in [-0.3, -0.25) is 4.98 Å². The third-order valence-electron chi connectivity index (χ3n) is 3.07. The van der Waals surface area contributed by atoms with Crippen LogP contribution in [0.2, 0.25) is 0 Å². The van der Waals surface area contributed by atoms with Gasteiger partial charge in [0.15, 0.2) is 0 Å². The van der Waals surface area contributed by atoms with Crippen molar-refractivity contribution in [3.8, 4) is 0 Å². The SMILES string of the molecule is C[C@H](N)c1c(F)cccc1N(C)Cc1ccncc1. The molecule has 0 amide bonds. The van der Waals surface area contributed by atoms with Crippen LogP contribution in [0.25, 0.3) is 0 Å². The van der Waals surface area contributed by atoms with Crippen molar-refractivity contribution in [3.63, 3.8) is 0 Å². The van der Waals surface area contributed by atoms with E-state index in [4.69, 9.17) is 5.73 Å². The molecule has 2 rings (SSSR count). The minimum absolute atomic E-state index is 0.255. The number of halogens is 1. The van der Waals surface area contributed by atoms with Crippen molar-refractivity contribution in [2.24, 2.45) is 5.73 Å². The molecular weight excluding hydrogens is 241 g/mol. The molecule has 0 bridgehead atoms. The molecule has 0 aliphatic carbocycles. The van der Waals surface area contributed by atoms with Crippen LogP contribution < -0.4 is 10.6 Å². The summed E-state index contributed by atoms with van der Waals surface area (Å²) in [7, 11) is 1.93. The number of nitrogens with two attached hydrogens (primary N) is 1. The second-order valence-electron chi connectivity index (χ2n) is 4.67. The number of hydrogen-bond donors (Lipinski definition) is 1. The topological polar surface area (TPSA) is 42.1 Å². The fourth-order valence-corrected chi connectivity index (χ4v) is 2.16. The highest BCUT2D eigenvalue weighted by Gasteiger charge is 2.15. The summed E-state index contributed by atoms with van der Waals surface area (Å²) in [5.74, 6) is -0.255. The molecule has 0 fully saturated rings. The molecular formula is C15H18FN3. The van der Waals surface area contributed by atoms with Crippen LogP contribution in [-0.4, -0.2) is 12.0 Å². The Morgan fingerprint density at radius 1 is 1.26 bits per heavy atom. The summed E-state index contributed by atoms with van der Waals surface area (Å²) in [5, 5.41) is 0. The summed E-state index contributed by atoms with van der Waals surface area (Å²) in [6.07, 6.45) is 3.50. The van der Waals surface area contributed by atoms with Crippen LogP contribution in [0.1, 0.15) is 24.1 Å². The van der Waals surface area contributed by atoms with Gasteiger partial charge in [0.25, 0.3) is 0 Å². The van der Waals surface area contributed by atoms with Gasteiger partial charge in [0.05, 0.1) is 0 Å². The number of anilines is 1. The molecule has 3 nitrogen and oxygen atoms in total. The van der Waals surface area contributed by atoms with E-state index in [1.54, 1.807) is 25.4 Å². The fraction of sp³-hybridized carbons (Fsp3) is 0.267. The van der Waals surface area contributed by atoms with Crippen LogP contribution in [0.3, 0.4) is 0 Å². The van der Waals surface area contributed by atoms with Gasteiger partial charge < -0.3 is 10.6 Å². The molecule has 0 saturated carbocycles. The lowest BCUT2D eigenvalue weighted by atomic mass is 10.0. The summed E-state index contributed by atoms with van der Waals surface area (Å²) >= 11 is 0. The Balaban J connectivity index is 2.29. The lowest BCUT2D eigenvalue weighted by Crippen LogP contribution is -2.21. The van der Waals surface area contributed by atoms with Gasteiger partial charge in [0, 0.05) is 43.3 Å². The van der Waals surface area contributed by atoms with Gasteiger partial charge in [0.1, 0.15) is 5.82 Å². The predicted molar refractivity (Wildman–Crippen MR) is 75.3 cm³/mol. The van der Waals surface area contributed by atoms with Gasteiger partial charge >= 0.3 is 0 Å². The van der Waals surface area contributed by atoms with E-state index in [1.807, 2.05) is 30.1 Å². The molecule has 1 aromatic heterocycles. The number of hydrogen-bond acceptors (Lipinski definition) is 3. The maximum Gasteiger partial charge on any atom is 0.130 e. The average molecular weight is 259 g/mol. The van der Waals surface area contributed by atoms with Crippen LogP contribution in [-0.2, 0) is 6.54 Å². The monoisotopic (exact) mass is 259 g/mol. The molecule has 1 heterocycles. The van der Waals surface area contributed by atoms with Crippen molar-refractivity contribution in [3.05, 3.63) is 59.7 Å². The number of rotatable bonds is 4. The molecule has 2 N–H and O–H groups in total. The fourth-order valence-electron chi connectivity index (χ4n) is 2.16. The van der Waals surface area contributed by atoms with Gasteiger partial charge in [-0.25, -0.2) is 4.39 Å². The third kappa shape index (κ3) is 3.09. The predicted octanol–water partition coefficient (Wildman–Crippen LogP) is 2.88. The minimum atomic E-state index is -0.337. The molecule has 0 radical (unpaired) electrons. The number of pyridine rings is 1. The first-order valence-electron chi connectivity index (χ1n) is 6.23. The Kier molecular flexibility index (Phi) is 4.12. The van der Waals surface area contributed by atoms with Crippen molar-refractivity contribution < 1.29 is 4.39 Å². The van der Waals surface area contributed by atoms with Crippen molar-refractivity contribution in [2.45, 2.75) is 19.5 Å². The molecule has 1 aromatic carbocycles. The van der Waals surface area contributed by atoms with Crippen molar-refractivity contribution in [1.29, 1.82) is 0 Å². The summed E-state index contributed by atoms with van der Waals surface area (Å²) in [5.41, 5.74) is 8.37. The molecule has 0 saturated heterocycles. The third-order valence-corrected chi connectivity index (χ3v) is 3.07. The molecule has 0 aliphatic heterocycles. The van der Waals surface area contributed by atoms with Crippen LogP contribution in [0.4, 0.5) is 10.1 Å². The van der Waals surface area contributed by atoms with Gasteiger partial charge in [-0.2, -0.15) is 0 Å². The quantitative estimate of drug-likeness (QED) is 0.918. The standard InChI is InChI=1S/C15H18FN3/c1-11(17)15-13(16)4-3-5-14(15)19(2)10-12-6-8-18-9-7-12/h3-9,11H,10,17H2,1-2H3/t11-/m0/s1. The molecule has 19 heavy (non-hydrogen) atoms. The zero-order valence-corrected chi connectivity index (χ0v) is 11.2. The molecule has 2 aromatic rings. The highest BCUT2D eigenvalue weighted by atomic mass is 19.1. The highest BCUT2D eigenvalue weighted by molar-refractivity contribution is 5.55. The van der Waals surface area contributed by atoms with E-state index in [9.17, 15) is 4.39 Å². The number of benzene rings is 1. The lowest BCUT2D eigenvalue weighted by molar-refractivity contribution is 0.592. The number of nitrogens with zero attached hydrogens (tertiary/aromatic N) is 2. The second-order valence-corrected chi connectivity index (χ2v) is 4.67. The average Bonchev–Trinajstić information content (AvgIpc) is 2.39. The Morgan fingerprint density at radius 2 is 1.95 bits per heavy atom. The van der Waals surface area contributed by atoms with E-state index in [0.717, 1.165) is 11.3 Å². The Labute approximate surface area is 112 Å². The van der Waals surface area contributed by atoms with E-state index in [1.165, 1.54) is 6.07 Å². The molecule has 100 valence electrons. The summed E-state index contributed by atoms with van der Waals surface area (Å²) in [4.78, 5) is 5.98. The van der Waals surface area contributed by atoms with Crippen LogP contribution >= 0.6 is 0 Å². The maximum absolute atomic E-state index is 13.9. The van der Waals surface area contributed by atoms with E-state index < -0.39 is 0 Å². The Hall–Kier alpha value is -1.94. The zero-order valence-electron chi connectivity index (χ0n) is 11.2. The van der Waals surface area contributed by atoms with Crippen LogP contribution in [0.5, 0.6) is 0 Å². The minimum Gasteiger partial charge on any atom is -0.370 e. The summed E-state index contributed by atoms with van der Waals surface area (Å²) < 4.78 is 13.9. The number of aromatic nitrogens is 1. The molecule has 0 unspecified atom stereocenters. The zero-order chi connectivity index (χ0) is 13.8. The van der Waals surface area contributed by atoms with E-state index >= 15 is 0 Å². The molecule has 0 spiro atoms. The first-order valence-corrected chi connectivity index (χ1v) is 6.23. The van der Waals surface area contributed by atoms with E-state index in [2.05, 4.69) is 4.98 Å². The summed E-state index contributed by atoms with van der Waals surface area (Å²) in [6, 6.07) is 8.60.